The Hall–Kier alpha value is -0.370. The SMILES string of the molecule is CCCC[C@H](C(C)=O)[C@H](C)O. The predicted octanol–water partition coefficient (Wildman–Crippen LogP) is 1.76. The molecular formula is C9H18O2. The highest BCUT2D eigenvalue weighted by molar-refractivity contribution is 5.78. The first kappa shape index (κ1) is 10.6. The minimum Gasteiger partial charge on any atom is -0.393 e. The van der Waals surface area contributed by atoms with Crippen molar-refractivity contribution in [1.82, 2.24) is 0 Å². The van der Waals surface area contributed by atoms with Crippen LogP contribution in [0.2, 0.25) is 0 Å². The molecule has 0 aliphatic heterocycles. The highest BCUT2D eigenvalue weighted by Crippen LogP contribution is 2.13. The fraction of sp³-hybridized carbons (Fsp3) is 0.889. The Morgan fingerprint density at radius 1 is 1.55 bits per heavy atom. The first-order chi connectivity index (χ1) is 5.09. The summed E-state index contributed by atoms with van der Waals surface area (Å²) in [4.78, 5) is 10.9. The van der Waals surface area contributed by atoms with Crippen LogP contribution in [0.1, 0.15) is 40.0 Å². The Balaban J connectivity index is 3.80. The van der Waals surface area contributed by atoms with Gasteiger partial charge in [0, 0.05) is 5.92 Å². The number of hydrogen-bond acceptors (Lipinski definition) is 2. The number of carbonyl (C=O) groups is 1. The summed E-state index contributed by atoms with van der Waals surface area (Å²) < 4.78 is 0. The van der Waals surface area contributed by atoms with E-state index in [1.54, 1.807) is 13.8 Å². The second-order valence-corrected chi connectivity index (χ2v) is 3.10. The van der Waals surface area contributed by atoms with Gasteiger partial charge in [0.2, 0.25) is 0 Å². The van der Waals surface area contributed by atoms with Crippen molar-refractivity contribution in [3.63, 3.8) is 0 Å². The molecule has 1 N–H and O–H groups in total. The maximum Gasteiger partial charge on any atom is 0.135 e. The molecule has 0 heterocycles. The Labute approximate surface area is 68.6 Å². The molecule has 11 heavy (non-hydrogen) atoms. The number of ketones is 1. The lowest BCUT2D eigenvalue weighted by atomic mass is 9.93. The van der Waals surface area contributed by atoms with E-state index in [0.29, 0.717) is 0 Å². The van der Waals surface area contributed by atoms with E-state index in [4.69, 9.17) is 0 Å². The van der Waals surface area contributed by atoms with E-state index in [-0.39, 0.29) is 11.7 Å². The van der Waals surface area contributed by atoms with Crippen molar-refractivity contribution in [3.8, 4) is 0 Å². The normalized spacial score (nSPS) is 16.0. The molecule has 0 saturated heterocycles. The molecule has 0 aromatic heterocycles. The summed E-state index contributed by atoms with van der Waals surface area (Å²) in [6.07, 6.45) is 2.44. The van der Waals surface area contributed by atoms with E-state index in [9.17, 15) is 9.90 Å². The summed E-state index contributed by atoms with van der Waals surface area (Å²) in [6.45, 7) is 5.31. The molecule has 0 spiro atoms. The van der Waals surface area contributed by atoms with Crippen LogP contribution in [0.3, 0.4) is 0 Å². The monoisotopic (exact) mass is 158 g/mol. The van der Waals surface area contributed by atoms with Crippen LogP contribution in [-0.4, -0.2) is 17.0 Å². The lowest BCUT2D eigenvalue weighted by Crippen LogP contribution is -2.23. The van der Waals surface area contributed by atoms with Crippen molar-refractivity contribution in [3.05, 3.63) is 0 Å². The molecule has 0 aromatic carbocycles. The van der Waals surface area contributed by atoms with Crippen molar-refractivity contribution < 1.29 is 9.90 Å². The number of Topliss-reactive ketones (excluding diaryl/α,β-unsaturated/α-hetero) is 1. The fourth-order valence-electron chi connectivity index (χ4n) is 1.21. The number of unbranched alkanes of at least 4 members (excludes halogenated alkanes) is 1. The highest BCUT2D eigenvalue weighted by Gasteiger charge is 2.18. The summed E-state index contributed by atoms with van der Waals surface area (Å²) in [6, 6.07) is 0. The molecule has 0 aromatic rings. The number of carbonyl (C=O) groups excluding carboxylic acids is 1. The summed E-state index contributed by atoms with van der Waals surface area (Å²) >= 11 is 0. The van der Waals surface area contributed by atoms with Gasteiger partial charge >= 0.3 is 0 Å². The zero-order chi connectivity index (χ0) is 8.85. The average molecular weight is 158 g/mol. The van der Waals surface area contributed by atoms with Gasteiger partial charge in [0.05, 0.1) is 6.10 Å². The minimum absolute atomic E-state index is 0.105. The van der Waals surface area contributed by atoms with Crippen molar-refractivity contribution in [2.45, 2.75) is 46.1 Å². The van der Waals surface area contributed by atoms with Gasteiger partial charge < -0.3 is 5.11 Å². The lowest BCUT2D eigenvalue weighted by Gasteiger charge is -2.15. The molecule has 0 radical (unpaired) electrons. The molecule has 0 aliphatic rings. The van der Waals surface area contributed by atoms with E-state index < -0.39 is 6.10 Å². The van der Waals surface area contributed by atoms with Gasteiger partial charge in [-0.1, -0.05) is 19.8 Å². The van der Waals surface area contributed by atoms with Crippen molar-refractivity contribution in [1.29, 1.82) is 0 Å². The van der Waals surface area contributed by atoms with E-state index in [0.717, 1.165) is 19.3 Å². The molecule has 2 atom stereocenters. The standard InChI is InChI=1S/C9H18O2/c1-4-5-6-9(7(2)10)8(3)11/h7,9-10H,4-6H2,1-3H3/t7-,9-/m0/s1. The summed E-state index contributed by atoms with van der Waals surface area (Å²) in [5, 5.41) is 9.19. The molecule has 66 valence electrons. The lowest BCUT2D eigenvalue weighted by molar-refractivity contribution is -0.124. The maximum absolute atomic E-state index is 10.9. The van der Waals surface area contributed by atoms with Crippen LogP contribution in [0.25, 0.3) is 0 Å². The number of aliphatic hydroxyl groups excluding tert-OH is 1. The van der Waals surface area contributed by atoms with Crippen molar-refractivity contribution in [2.75, 3.05) is 0 Å². The first-order valence-electron chi connectivity index (χ1n) is 4.28. The predicted molar refractivity (Wildman–Crippen MR) is 45.4 cm³/mol. The molecular weight excluding hydrogens is 140 g/mol. The summed E-state index contributed by atoms with van der Waals surface area (Å²) in [5.41, 5.74) is 0. The van der Waals surface area contributed by atoms with Crippen LogP contribution in [0.5, 0.6) is 0 Å². The van der Waals surface area contributed by atoms with E-state index in [1.807, 2.05) is 0 Å². The van der Waals surface area contributed by atoms with Gasteiger partial charge in [-0.3, -0.25) is 4.79 Å². The molecule has 2 heteroatoms. The second-order valence-electron chi connectivity index (χ2n) is 3.10. The van der Waals surface area contributed by atoms with E-state index in [2.05, 4.69) is 6.92 Å². The topological polar surface area (TPSA) is 37.3 Å². The third kappa shape index (κ3) is 4.14. The van der Waals surface area contributed by atoms with Crippen LogP contribution in [0.15, 0.2) is 0 Å². The average Bonchev–Trinajstić information content (AvgIpc) is 1.87. The zero-order valence-electron chi connectivity index (χ0n) is 7.63. The van der Waals surface area contributed by atoms with Gasteiger partial charge in [-0.05, 0) is 20.3 Å². The number of rotatable bonds is 5. The van der Waals surface area contributed by atoms with Gasteiger partial charge in [-0.15, -0.1) is 0 Å². The molecule has 0 unspecified atom stereocenters. The third-order valence-corrected chi connectivity index (χ3v) is 1.97. The van der Waals surface area contributed by atoms with E-state index >= 15 is 0 Å². The molecule has 0 rings (SSSR count). The van der Waals surface area contributed by atoms with E-state index in [1.165, 1.54) is 0 Å². The maximum atomic E-state index is 10.9. The molecule has 0 saturated carbocycles. The quantitative estimate of drug-likeness (QED) is 0.662. The second kappa shape index (κ2) is 5.30. The fourth-order valence-corrected chi connectivity index (χ4v) is 1.21. The van der Waals surface area contributed by atoms with Crippen LogP contribution in [0, 0.1) is 5.92 Å². The van der Waals surface area contributed by atoms with Gasteiger partial charge in [-0.2, -0.15) is 0 Å². The largest absolute Gasteiger partial charge is 0.393 e. The Morgan fingerprint density at radius 3 is 2.36 bits per heavy atom. The molecule has 2 nitrogen and oxygen atoms in total. The molecule has 0 fully saturated rings. The number of hydrogen-bond donors (Lipinski definition) is 1. The molecule has 0 aliphatic carbocycles. The zero-order valence-corrected chi connectivity index (χ0v) is 7.63. The third-order valence-electron chi connectivity index (χ3n) is 1.97. The van der Waals surface area contributed by atoms with Crippen LogP contribution < -0.4 is 0 Å². The summed E-state index contributed by atoms with van der Waals surface area (Å²) in [5.74, 6) is -0.0385. The Morgan fingerprint density at radius 2 is 2.09 bits per heavy atom. The van der Waals surface area contributed by atoms with Gasteiger partial charge in [-0.25, -0.2) is 0 Å². The smallest absolute Gasteiger partial charge is 0.135 e. The van der Waals surface area contributed by atoms with Gasteiger partial charge in [0.1, 0.15) is 5.78 Å². The van der Waals surface area contributed by atoms with Crippen LogP contribution in [-0.2, 0) is 4.79 Å². The first-order valence-corrected chi connectivity index (χ1v) is 4.28. The Bertz CT molecular complexity index is 119. The molecule has 0 bridgehead atoms. The highest BCUT2D eigenvalue weighted by atomic mass is 16.3. The van der Waals surface area contributed by atoms with Crippen molar-refractivity contribution in [2.24, 2.45) is 5.92 Å². The minimum atomic E-state index is -0.487. The summed E-state index contributed by atoms with van der Waals surface area (Å²) in [7, 11) is 0. The van der Waals surface area contributed by atoms with Gasteiger partial charge in [0.25, 0.3) is 0 Å². The van der Waals surface area contributed by atoms with Gasteiger partial charge in [0.15, 0.2) is 0 Å². The van der Waals surface area contributed by atoms with Crippen molar-refractivity contribution >= 4 is 5.78 Å². The Kier molecular flexibility index (Phi) is 5.12. The number of aliphatic hydroxyl groups is 1. The van der Waals surface area contributed by atoms with Crippen LogP contribution >= 0.6 is 0 Å². The van der Waals surface area contributed by atoms with Crippen LogP contribution in [0.4, 0.5) is 0 Å². The molecule has 0 amide bonds.